The van der Waals surface area contributed by atoms with Crippen LogP contribution in [0.15, 0.2) is 24.3 Å². The molecule has 26 heavy (non-hydrogen) atoms. The van der Waals surface area contributed by atoms with Crippen LogP contribution in [0, 0.1) is 11.8 Å². The molecule has 0 spiro atoms. The van der Waals surface area contributed by atoms with Gasteiger partial charge >= 0.3 is 0 Å². The minimum Gasteiger partial charge on any atom is -0.377 e. The van der Waals surface area contributed by atoms with Gasteiger partial charge in [-0.2, -0.15) is 0 Å². The molecular formula is C20H29NO5. The van der Waals surface area contributed by atoms with Crippen molar-refractivity contribution in [1.29, 1.82) is 0 Å². The molecule has 0 unspecified atom stereocenters. The largest absolute Gasteiger partial charge is 0.377 e. The van der Waals surface area contributed by atoms with Crippen molar-refractivity contribution in [1.82, 2.24) is 5.32 Å². The summed E-state index contributed by atoms with van der Waals surface area (Å²) in [6.45, 7) is 8.90. The summed E-state index contributed by atoms with van der Waals surface area (Å²) in [7, 11) is 0. The van der Waals surface area contributed by atoms with E-state index in [9.17, 15) is 14.4 Å². The number of amides is 1. The van der Waals surface area contributed by atoms with E-state index in [2.05, 4.69) is 5.32 Å². The SMILES string of the molecule is CC(C)C(=O)COCCOCCNC(=O)c1ccc(C(=O)C(C)C)cc1. The molecule has 1 N–H and O–H groups in total. The summed E-state index contributed by atoms with van der Waals surface area (Å²) < 4.78 is 10.6. The highest BCUT2D eigenvalue weighted by molar-refractivity contribution is 5.99. The van der Waals surface area contributed by atoms with Gasteiger partial charge in [0.05, 0.1) is 19.8 Å². The number of Topliss-reactive ketones (excluding diaryl/α,β-unsaturated/α-hetero) is 2. The van der Waals surface area contributed by atoms with Crippen LogP contribution in [0.3, 0.4) is 0 Å². The van der Waals surface area contributed by atoms with Crippen LogP contribution in [0.1, 0.15) is 48.4 Å². The van der Waals surface area contributed by atoms with Gasteiger partial charge in [0.25, 0.3) is 5.91 Å². The van der Waals surface area contributed by atoms with E-state index in [0.717, 1.165) is 0 Å². The smallest absolute Gasteiger partial charge is 0.251 e. The molecule has 0 heterocycles. The highest BCUT2D eigenvalue weighted by Gasteiger charge is 2.11. The zero-order valence-corrected chi connectivity index (χ0v) is 16.0. The van der Waals surface area contributed by atoms with Crippen molar-refractivity contribution in [3.8, 4) is 0 Å². The Kier molecular flexibility index (Phi) is 9.76. The second-order valence-corrected chi connectivity index (χ2v) is 6.64. The van der Waals surface area contributed by atoms with E-state index in [-0.39, 0.29) is 35.9 Å². The van der Waals surface area contributed by atoms with Gasteiger partial charge < -0.3 is 14.8 Å². The van der Waals surface area contributed by atoms with E-state index in [1.807, 2.05) is 27.7 Å². The number of ether oxygens (including phenoxy) is 2. The van der Waals surface area contributed by atoms with Gasteiger partial charge in [-0.1, -0.05) is 39.8 Å². The third-order valence-corrected chi connectivity index (χ3v) is 3.75. The Bertz CT molecular complexity index is 593. The second kappa shape index (κ2) is 11.5. The molecule has 6 nitrogen and oxygen atoms in total. The maximum atomic E-state index is 12.0. The lowest BCUT2D eigenvalue weighted by atomic mass is 10.00. The summed E-state index contributed by atoms with van der Waals surface area (Å²) in [6.07, 6.45) is 0. The van der Waals surface area contributed by atoms with Crippen molar-refractivity contribution in [3.05, 3.63) is 35.4 Å². The lowest BCUT2D eigenvalue weighted by Crippen LogP contribution is -2.27. The van der Waals surface area contributed by atoms with Crippen LogP contribution in [0.2, 0.25) is 0 Å². The molecule has 0 aliphatic carbocycles. The molecular weight excluding hydrogens is 334 g/mol. The van der Waals surface area contributed by atoms with Gasteiger partial charge in [-0.05, 0) is 12.1 Å². The predicted molar refractivity (Wildman–Crippen MR) is 99.4 cm³/mol. The van der Waals surface area contributed by atoms with Gasteiger partial charge in [-0.15, -0.1) is 0 Å². The number of rotatable bonds is 12. The molecule has 0 radical (unpaired) electrons. The van der Waals surface area contributed by atoms with Crippen LogP contribution in [0.5, 0.6) is 0 Å². The van der Waals surface area contributed by atoms with Crippen molar-refractivity contribution in [2.75, 3.05) is 33.0 Å². The third-order valence-electron chi connectivity index (χ3n) is 3.75. The first-order valence-electron chi connectivity index (χ1n) is 8.93. The van der Waals surface area contributed by atoms with Crippen molar-refractivity contribution < 1.29 is 23.9 Å². The molecule has 0 atom stereocenters. The molecule has 0 saturated heterocycles. The van der Waals surface area contributed by atoms with E-state index in [0.29, 0.717) is 37.5 Å². The summed E-state index contributed by atoms with van der Waals surface area (Å²) >= 11 is 0. The van der Waals surface area contributed by atoms with E-state index in [1.54, 1.807) is 24.3 Å². The van der Waals surface area contributed by atoms with Crippen LogP contribution >= 0.6 is 0 Å². The fourth-order valence-corrected chi connectivity index (χ4v) is 2.02. The normalized spacial score (nSPS) is 11.0. The van der Waals surface area contributed by atoms with E-state index in [4.69, 9.17) is 9.47 Å². The van der Waals surface area contributed by atoms with Gasteiger partial charge in [0.15, 0.2) is 11.6 Å². The van der Waals surface area contributed by atoms with Gasteiger partial charge in [-0.25, -0.2) is 0 Å². The minimum atomic E-state index is -0.212. The fourth-order valence-electron chi connectivity index (χ4n) is 2.02. The lowest BCUT2D eigenvalue weighted by molar-refractivity contribution is -0.127. The average molecular weight is 363 g/mol. The van der Waals surface area contributed by atoms with Crippen LogP contribution < -0.4 is 5.32 Å². The number of hydrogen-bond acceptors (Lipinski definition) is 5. The number of benzene rings is 1. The monoisotopic (exact) mass is 363 g/mol. The Labute approximate surface area is 155 Å². The molecule has 144 valence electrons. The summed E-state index contributed by atoms with van der Waals surface area (Å²) in [4.78, 5) is 35.2. The summed E-state index contributed by atoms with van der Waals surface area (Å²) in [6, 6.07) is 6.63. The highest BCUT2D eigenvalue weighted by atomic mass is 16.5. The van der Waals surface area contributed by atoms with E-state index >= 15 is 0 Å². The number of carbonyl (C=O) groups excluding carboxylic acids is 3. The molecule has 0 saturated carbocycles. The van der Waals surface area contributed by atoms with Gasteiger partial charge in [0.1, 0.15) is 6.61 Å². The van der Waals surface area contributed by atoms with Crippen molar-refractivity contribution >= 4 is 17.5 Å². The van der Waals surface area contributed by atoms with Gasteiger partial charge in [-0.3, -0.25) is 14.4 Å². The third kappa shape index (κ3) is 7.89. The molecule has 0 aromatic heterocycles. The molecule has 0 aliphatic heterocycles. The van der Waals surface area contributed by atoms with Crippen LogP contribution in [0.4, 0.5) is 0 Å². The highest BCUT2D eigenvalue weighted by Crippen LogP contribution is 2.10. The number of ketones is 2. The average Bonchev–Trinajstić information content (AvgIpc) is 2.62. The molecule has 1 aromatic rings. The topological polar surface area (TPSA) is 81.7 Å². The van der Waals surface area contributed by atoms with E-state index in [1.165, 1.54) is 0 Å². The van der Waals surface area contributed by atoms with E-state index < -0.39 is 0 Å². The van der Waals surface area contributed by atoms with Gasteiger partial charge in [0, 0.05) is 29.5 Å². The van der Waals surface area contributed by atoms with Crippen LogP contribution in [-0.2, 0) is 14.3 Å². The van der Waals surface area contributed by atoms with Gasteiger partial charge in [0.2, 0.25) is 0 Å². The number of hydrogen-bond donors (Lipinski definition) is 1. The summed E-state index contributed by atoms with van der Waals surface area (Å²) in [5, 5.41) is 2.75. The summed E-state index contributed by atoms with van der Waals surface area (Å²) in [5.41, 5.74) is 1.11. The number of nitrogens with one attached hydrogen (secondary N) is 1. The first kappa shape index (κ1) is 22.0. The van der Waals surface area contributed by atoms with Crippen LogP contribution in [0.25, 0.3) is 0 Å². The van der Waals surface area contributed by atoms with Crippen molar-refractivity contribution in [3.63, 3.8) is 0 Å². The van der Waals surface area contributed by atoms with Crippen molar-refractivity contribution in [2.45, 2.75) is 27.7 Å². The summed E-state index contributed by atoms with van der Waals surface area (Å²) in [5.74, 6) is -0.181. The zero-order chi connectivity index (χ0) is 19.5. The molecule has 0 bridgehead atoms. The maximum Gasteiger partial charge on any atom is 0.251 e. The quantitative estimate of drug-likeness (QED) is 0.456. The fraction of sp³-hybridized carbons (Fsp3) is 0.550. The zero-order valence-electron chi connectivity index (χ0n) is 16.0. The molecule has 1 aromatic carbocycles. The first-order valence-corrected chi connectivity index (χ1v) is 8.93. The molecule has 0 aliphatic rings. The molecule has 0 fully saturated rings. The molecule has 6 heteroatoms. The molecule has 1 amide bonds. The predicted octanol–water partition coefficient (Wildman–Crippen LogP) is 2.51. The minimum absolute atomic E-state index is 0.0244. The first-order chi connectivity index (χ1) is 12.3. The molecule has 1 rings (SSSR count). The Hall–Kier alpha value is -2.05. The standard InChI is InChI=1S/C20H29NO5/c1-14(2)18(22)13-26-12-11-25-10-9-21-20(24)17-7-5-16(6-8-17)19(23)15(3)4/h5-8,14-15H,9-13H2,1-4H3,(H,21,24). The lowest BCUT2D eigenvalue weighted by Gasteiger charge is -2.08. The van der Waals surface area contributed by atoms with Crippen LogP contribution in [-0.4, -0.2) is 50.4 Å². The van der Waals surface area contributed by atoms with Crippen molar-refractivity contribution in [2.24, 2.45) is 11.8 Å². The Morgan fingerprint density at radius 2 is 1.42 bits per heavy atom. The second-order valence-electron chi connectivity index (χ2n) is 6.64. The maximum absolute atomic E-state index is 12.0. The number of carbonyl (C=O) groups is 3. The Morgan fingerprint density at radius 3 is 2.00 bits per heavy atom. The Morgan fingerprint density at radius 1 is 0.846 bits per heavy atom. The Balaban J connectivity index is 2.19.